The van der Waals surface area contributed by atoms with Gasteiger partial charge in [0, 0.05) is 6.42 Å². The van der Waals surface area contributed by atoms with Crippen LogP contribution in [0.1, 0.15) is 43.5 Å². The molecule has 96 valence electrons. The van der Waals surface area contributed by atoms with Crippen molar-refractivity contribution in [1.82, 2.24) is 10.1 Å². The summed E-state index contributed by atoms with van der Waals surface area (Å²) in [5.41, 5.74) is 1.15. The fourth-order valence-electron chi connectivity index (χ4n) is 1.99. The van der Waals surface area contributed by atoms with Crippen molar-refractivity contribution in [2.45, 2.75) is 38.7 Å². The van der Waals surface area contributed by atoms with E-state index in [4.69, 9.17) is 4.52 Å². The van der Waals surface area contributed by atoms with Gasteiger partial charge in [-0.2, -0.15) is 4.98 Å². The van der Waals surface area contributed by atoms with Gasteiger partial charge in [-0.1, -0.05) is 42.4 Å². The molecule has 18 heavy (non-hydrogen) atoms. The third kappa shape index (κ3) is 2.96. The average molecular weight is 246 g/mol. The Labute approximate surface area is 107 Å². The third-order valence-electron chi connectivity index (χ3n) is 3.03. The van der Waals surface area contributed by atoms with Gasteiger partial charge in [0.15, 0.2) is 5.82 Å². The van der Waals surface area contributed by atoms with E-state index in [1.165, 1.54) is 0 Å². The smallest absolute Gasteiger partial charge is 0.232 e. The van der Waals surface area contributed by atoms with Gasteiger partial charge in [-0.3, -0.25) is 0 Å². The summed E-state index contributed by atoms with van der Waals surface area (Å²) < 4.78 is 5.23. The van der Waals surface area contributed by atoms with E-state index < -0.39 is 6.10 Å². The molecule has 0 aliphatic carbocycles. The maximum Gasteiger partial charge on any atom is 0.232 e. The summed E-state index contributed by atoms with van der Waals surface area (Å²) in [6.07, 6.45) is 0.964. The molecule has 1 heterocycles. The molecule has 4 nitrogen and oxygen atoms in total. The summed E-state index contributed by atoms with van der Waals surface area (Å²) in [6, 6.07) is 10.0. The minimum Gasteiger partial charge on any atom is -0.393 e. The van der Waals surface area contributed by atoms with Gasteiger partial charge in [0.1, 0.15) is 0 Å². The van der Waals surface area contributed by atoms with Crippen molar-refractivity contribution in [2.24, 2.45) is 0 Å². The lowest BCUT2D eigenvalue weighted by molar-refractivity contribution is 0.141. The normalized spacial score (nSPS) is 14.4. The number of aliphatic hydroxyl groups is 1. The van der Waals surface area contributed by atoms with Crippen LogP contribution in [0.2, 0.25) is 0 Å². The average Bonchev–Trinajstić information content (AvgIpc) is 2.79. The Balaban J connectivity index is 2.11. The van der Waals surface area contributed by atoms with Gasteiger partial charge < -0.3 is 9.63 Å². The molecule has 0 aliphatic rings. The van der Waals surface area contributed by atoms with Crippen molar-refractivity contribution >= 4 is 0 Å². The summed E-state index contributed by atoms with van der Waals surface area (Å²) in [7, 11) is 0. The lowest BCUT2D eigenvalue weighted by atomic mass is 10.0. The summed E-state index contributed by atoms with van der Waals surface area (Å²) in [5.74, 6) is 1.11. The molecule has 1 N–H and O–H groups in total. The maximum absolute atomic E-state index is 9.64. The van der Waals surface area contributed by atoms with Gasteiger partial charge in [-0.15, -0.1) is 0 Å². The first kappa shape index (κ1) is 12.8. The first-order valence-electron chi connectivity index (χ1n) is 6.25. The zero-order valence-corrected chi connectivity index (χ0v) is 10.7. The quantitative estimate of drug-likeness (QED) is 0.880. The second-order valence-electron chi connectivity index (χ2n) is 4.47. The lowest BCUT2D eigenvalue weighted by Crippen LogP contribution is -2.14. The van der Waals surface area contributed by atoms with Gasteiger partial charge in [-0.05, 0) is 18.9 Å². The number of aliphatic hydroxyl groups excluding tert-OH is 1. The largest absolute Gasteiger partial charge is 0.393 e. The molecule has 2 atom stereocenters. The lowest BCUT2D eigenvalue weighted by Gasteiger charge is -2.12. The monoisotopic (exact) mass is 246 g/mol. The van der Waals surface area contributed by atoms with Crippen molar-refractivity contribution in [3.8, 4) is 0 Å². The number of nitrogens with zero attached hydrogens (tertiary/aromatic N) is 2. The number of hydrogen-bond acceptors (Lipinski definition) is 4. The highest BCUT2D eigenvalue weighted by atomic mass is 16.5. The number of rotatable bonds is 5. The molecule has 0 saturated carbocycles. The van der Waals surface area contributed by atoms with E-state index in [0.29, 0.717) is 18.1 Å². The van der Waals surface area contributed by atoms with Crippen LogP contribution >= 0.6 is 0 Å². The van der Waals surface area contributed by atoms with E-state index in [9.17, 15) is 5.11 Å². The molecular formula is C14H18N2O2. The van der Waals surface area contributed by atoms with Crippen LogP contribution in [0.15, 0.2) is 34.9 Å². The van der Waals surface area contributed by atoms with Crippen molar-refractivity contribution in [1.29, 1.82) is 0 Å². The first-order valence-corrected chi connectivity index (χ1v) is 6.25. The van der Waals surface area contributed by atoms with E-state index in [1.807, 2.05) is 37.3 Å². The number of hydrogen-bond donors (Lipinski definition) is 1. The Morgan fingerprint density at radius 2 is 2.00 bits per heavy atom. The fourth-order valence-corrected chi connectivity index (χ4v) is 1.99. The van der Waals surface area contributed by atoms with Crippen LogP contribution in [0, 0.1) is 0 Å². The van der Waals surface area contributed by atoms with Crippen LogP contribution in [-0.4, -0.2) is 21.4 Å². The Morgan fingerprint density at radius 3 is 2.61 bits per heavy atom. The summed E-state index contributed by atoms with van der Waals surface area (Å²) in [4.78, 5) is 4.36. The zero-order valence-electron chi connectivity index (χ0n) is 10.7. The molecule has 1 aromatic carbocycles. The predicted molar refractivity (Wildman–Crippen MR) is 68.3 cm³/mol. The topological polar surface area (TPSA) is 59.2 Å². The predicted octanol–water partition coefficient (Wildman–Crippen LogP) is 2.53. The van der Waals surface area contributed by atoms with Gasteiger partial charge in [0.25, 0.3) is 0 Å². The third-order valence-corrected chi connectivity index (χ3v) is 3.03. The Kier molecular flexibility index (Phi) is 4.10. The van der Waals surface area contributed by atoms with Crippen LogP contribution in [0.3, 0.4) is 0 Å². The Morgan fingerprint density at radius 1 is 1.28 bits per heavy atom. The number of benzene rings is 1. The molecule has 0 fully saturated rings. The standard InChI is InChI=1S/C14H18N2O2/c1-3-12(10(2)17)14-15-13(16-18-14)9-11-7-5-4-6-8-11/h4-8,10,12,17H,3,9H2,1-2H3. The van der Waals surface area contributed by atoms with Crippen molar-refractivity contribution in [2.75, 3.05) is 0 Å². The highest BCUT2D eigenvalue weighted by Gasteiger charge is 2.21. The van der Waals surface area contributed by atoms with Crippen LogP contribution in [0.25, 0.3) is 0 Å². The molecule has 0 aliphatic heterocycles. The summed E-state index contributed by atoms with van der Waals surface area (Å²) in [5, 5.41) is 13.6. The van der Waals surface area contributed by atoms with Crippen LogP contribution in [0.5, 0.6) is 0 Å². The SMILES string of the molecule is CCC(c1nc(Cc2ccccc2)no1)C(C)O. The molecule has 1 aromatic heterocycles. The van der Waals surface area contributed by atoms with Gasteiger partial charge in [0.2, 0.25) is 5.89 Å². The minimum absolute atomic E-state index is 0.0815. The second-order valence-corrected chi connectivity index (χ2v) is 4.47. The molecule has 0 bridgehead atoms. The Bertz CT molecular complexity index is 480. The van der Waals surface area contributed by atoms with Gasteiger partial charge in [0.05, 0.1) is 12.0 Å². The molecule has 2 aromatic rings. The number of aromatic nitrogens is 2. The van der Waals surface area contributed by atoms with E-state index in [-0.39, 0.29) is 5.92 Å². The maximum atomic E-state index is 9.64. The van der Waals surface area contributed by atoms with Crippen LogP contribution in [0.4, 0.5) is 0 Å². The molecule has 4 heteroatoms. The highest BCUT2D eigenvalue weighted by molar-refractivity contribution is 5.18. The van der Waals surface area contributed by atoms with E-state index in [1.54, 1.807) is 6.92 Å². The molecular weight excluding hydrogens is 228 g/mol. The zero-order chi connectivity index (χ0) is 13.0. The Hall–Kier alpha value is -1.68. The fraction of sp³-hybridized carbons (Fsp3) is 0.429. The van der Waals surface area contributed by atoms with E-state index in [2.05, 4.69) is 10.1 Å². The highest BCUT2D eigenvalue weighted by Crippen LogP contribution is 2.22. The summed E-state index contributed by atoms with van der Waals surface area (Å²) in [6.45, 7) is 3.74. The van der Waals surface area contributed by atoms with E-state index >= 15 is 0 Å². The van der Waals surface area contributed by atoms with Crippen LogP contribution < -0.4 is 0 Å². The minimum atomic E-state index is -0.472. The molecule has 0 saturated heterocycles. The first-order chi connectivity index (χ1) is 8.70. The van der Waals surface area contributed by atoms with Crippen molar-refractivity contribution in [3.05, 3.63) is 47.6 Å². The molecule has 0 amide bonds. The molecule has 0 radical (unpaired) electrons. The van der Waals surface area contributed by atoms with E-state index in [0.717, 1.165) is 12.0 Å². The molecule has 0 spiro atoms. The van der Waals surface area contributed by atoms with Crippen molar-refractivity contribution in [3.63, 3.8) is 0 Å². The van der Waals surface area contributed by atoms with Gasteiger partial charge >= 0.3 is 0 Å². The molecule has 2 rings (SSSR count). The second kappa shape index (κ2) is 5.78. The molecule has 2 unspecified atom stereocenters. The summed E-state index contributed by atoms with van der Waals surface area (Å²) >= 11 is 0. The van der Waals surface area contributed by atoms with Crippen molar-refractivity contribution < 1.29 is 9.63 Å². The van der Waals surface area contributed by atoms with Crippen LogP contribution in [-0.2, 0) is 6.42 Å². The van der Waals surface area contributed by atoms with Gasteiger partial charge in [-0.25, -0.2) is 0 Å².